The molecular weight excluding hydrogens is 275 g/mol. The Morgan fingerprint density at radius 2 is 1.85 bits per heavy atom. The smallest absolute Gasteiger partial charge is 0.507 e. The summed E-state index contributed by atoms with van der Waals surface area (Å²) in [6, 6.07) is 3.14. The third-order valence-corrected chi connectivity index (χ3v) is 2.42. The van der Waals surface area contributed by atoms with Crippen molar-refractivity contribution in [2.45, 2.75) is 20.2 Å². The van der Waals surface area contributed by atoms with Gasteiger partial charge in [-0.25, -0.2) is 4.98 Å². The minimum absolute atomic E-state index is 0.0734. The van der Waals surface area contributed by atoms with Gasteiger partial charge in [-0.1, -0.05) is 0 Å². The molecule has 0 saturated carbocycles. The average Bonchev–Trinajstić information content (AvgIpc) is 2.30. The van der Waals surface area contributed by atoms with Gasteiger partial charge in [-0.2, -0.15) is 0 Å². The lowest BCUT2D eigenvalue weighted by Gasteiger charge is -2.11. The summed E-state index contributed by atoms with van der Waals surface area (Å²) in [5, 5.41) is 17.3. The Balaban J connectivity index is 2.48. The van der Waals surface area contributed by atoms with Crippen molar-refractivity contribution in [3.05, 3.63) is 29.7 Å². The Hall–Kier alpha value is -2.38. The predicted molar refractivity (Wildman–Crippen MR) is 63.1 cm³/mol. The fourth-order valence-corrected chi connectivity index (χ4v) is 1.66. The van der Waals surface area contributed by atoms with Crippen LogP contribution in [0.2, 0.25) is 0 Å². The molecule has 0 aliphatic rings. The molecule has 1 aromatic carbocycles. The summed E-state index contributed by atoms with van der Waals surface area (Å²) in [7, 11) is 0. The molecule has 0 spiro atoms. The molecule has 2 aromatic rings. The van der Waals surface area contributed by atoms with E-state index in [9.17, 15) is 18.3 Å². The normalized spacial score (nSPS) is 11.4. The van der Waals surface area contributed by atoms with E-state index in [0.29, 0.717) is 11.5 Å². The minimum Gasteiger partial charge on any atom is -0.507 e. The first-order chi connectivity index (χ1) is 9.26. The van der Waals surface area contributed by atoms with Crippen LogP contribution >= 0.6 is 0 Å². The first kappa shape index (κ1) is 14.0. The molecular formula is C12H10F3N3O2. The van der Waals surface area contributed by atoms with E-state index < -0.39 is 12.1 Å². The SMILES string of the molecule is Cc1nnc(-c2cc(OC(F)(F)F)ccc2O)c(C)n1. The van der Waals surface area contributed by atoms with Crippen molar-refractivity contribution in [3.8, 4) is 22.8 Å². The van der Waals surface area contributed by atoms with Crippen LogP contribution in [0.4, 0.5) is 13.2 Å². The number of phenols is 1. The second-order valence-corrected chi connectivity index (χ2v) is 4.02. The van der Waals surface area contributed by atoms with Crippen molar-refractivity contribution in [3.63, 3.8) is 0 Å². The molecule has 1 heterocycles. The van der Waals surface area contributed by atoms with Gasteiger partial charge < -0.3 is 9.84 Å². The first-order valence-corrected chi connectivity index (χ1v) is 5.53. The highest BCUT2D eigenvalue weighted by molar-refractivity contribution is 5.69. The molecule has 1 aromatic heterocycles. The van der Waals surface area contributed by atoms with Gasteiger partial charge in [-0.05, 0) is 32.0 Å². The van der Waals surface area contributed by atoms with Crippen molar-refractivity contribution in [2.75, 3.05) is 0 Å². The van der Waals surface area contributed by atoms with E-state index in [4.69, 9.17) is 0 Å². The Morgan fingerprint density at radius 1 is 1.15 bits per heavy atom. The van der Waals surface area contributed by atoms with Gasteiger partial charge in [0.1, 0.15) is 23.0 Å². The van der Waals surface area contributed by atoms with Gasteiger partial charge in [0.2, 0.25) is 0 Å². The van der Waals surface area contributed by atoms with Crippen molar-refractivity contribution < 1.29 is 23.0 Å². The van der Waals surface area contributed by atoms with Gasteiger partial charge in [0, 0.05) is 5.56 Å². The number of benzene rings is 1. The van der Waals surface area contributed by atoms with E-state index in [1.807, 2.05) is 0 Å². The summed E-state index contributed by atoms with van der Waals surface area (Å²) in [5.41, 5.74) is 0.710. The largest absolute Gasteiger partial charge is 0.573 e. The highest BCUT2D eigenvalue weighted by Crippen LogP contribution is 2.34. The Labute approximate surface area is 112 Å². The number of rotatable bonds is 2. The molecule has 0 radical (unpaired) electrons. The number of phenolic OH excluding ortho intramolecular Hbond substituents is 1. The molecule has 5 nitrogen and oxygen atoms in total. The number of halogens is 3. The molecule has 0 aliphatic heterocycles. The molecule has 0 aliphatic carbocycles. The van der Waals surface area contributed by atoms with E-state index in [0.717, 1.165) is 18.2 Å². The quantitative estimate of drug-likeness (QED) is 0.918. The first-order valence-electron chi connectivity index (χ1n) is 5.53. The van der Waals surface area contributed by atoms with Crippen molar-refractivity contribution in [2.24, 2.45) is 0 Å². The number of hydrogen-bond acceptors (Lipinski definition) is 5. The van der Waals surface area contributed by atoms with Gasteiger partial charge >= 0.3 is 6.36 Å². The molecule has 0 saturated heterocycles. The number of aryl methyl sites for hydroxylation is 2. The number of aromatic hydroxyl groups is 1. The van der Waals surface area contributed by atoms with Crippen LogP contribution in [0.3, 0.4) is 0 Å². The molecule has 0 bridgehead atoms. The number of nitrogens with zero attached hydrogens (tertiary/aromatic N) is 3. The standard InChI is InChI=1S/C12H10F3N3O2/c1-6-11(18-17-7(2)16-6)9-5-8(3-4-10(9)19)20-12(13,14)15/h3-5,19H,1-2H3. The fourth-order valence-electron chi connectivity index (χ4n) is 1.66. The molecule has 20 heavy (non-hydrogen) atoms. The lowest BCUT2D eigenvalue weighted by molar-refractivity contribution is -0.274. The minimum atomic E-state index is -4.81. The van der Waals surface area contributed by atoms with Crippen molar-refractivity contribution in [1.82, 2.24) is 15.2 Å². The second kappa shape index (κ2) is 4.95. The summed E-state index contributed by atoms with van der Waals surface area (Å²) in [6.45, 7) is 3.25. The molecule has 1 N–H and O–H groups in total. The maximum absolute atomic E-state index is 12.2. The zero-order chi connectivity index (χ0) is 14.9. The van der Waals surface area contributed by atoms with Gasteiger partial charge in [-0.3, -0.25) is 0 Å². The van der Waals surface area contributed by atoms with Crippen LogP contribution in [0.5, 0.6) is 11.5 Å². The predicted octanol–water partition coefficient (Wildman–Crippen LogP) is 2.76. The summed E-state index contributed by atoms with van der Waals surface area (Å²) in [4.78, 5) is 4.05. The van der Waals surface area contributed by atoms with Gasteiger partial charge in [0.25, 0.3) is 0 Å². The molecule has 0 amide bonds. The second-order valence-electron chi connectivity index (χ2n) is 4.02. The number of alkyl halides is 3. The Kier molecular flexibility index (Phi) is 3.47. The summed E-state index contributed by atoms with van der Waals surface area (Å²) in [6.07, 6.45) is -4.81. The molecule has 0 unspecified atom stereocenters. The van der Waals surface area contributed by atoms with E-state index in [2.05, 4.69) is 19.9 Å². The molecule has 0 atom stereocenters. The number of hydrogen-bond donors (Lipinski definition) is 1. The maximum Gasteiger partial charge on any atom is 0.573 e. The van der Waals surface area contributed by atoms with E-state index in [1.165, 1.54) is 0 Å². The molecule has 8 heteroatoms. The summed E-state index contributed by atoms with van der Waals surface area (Å²) >= 11 is 0. The van der Waals surface area contributed by atoms with Crippen LogP contribution in [0, 0.1) is 13.8 Å². The van der Waals surface area contributed by atoms with Crippen molar-refractivity contribution in [1.29, 1.82) is 0 Å². The highest BCUT2D eigenvalue weighted by Gasteiger charge is 2.31. The van der Waals surface area contributed by atoms with Crippen LogP contribution in [0.15, 0.2) is 18.2 Å². The lowest BCUT2D eigenvalue weighted by Crippen LogP contribution is -2.17. The van der Waals surface area contributed by atoms with Crippen LogP contribution in [-0.2, 0) is 0 Å². The average molecular weight is 285 g/mol. The molecule has 106 valence electrons. The molecule has 2 rings (SSSR count). The molecule has 0 fully saturated rings. The number of aromatic nitrogens is 3. The van der Waals surface area contributed by atoms with Crippen LogP contribution in [0.1, 0.15) is 11.5 Å². The summed E-state index contributed by atoms with van der Waals surface area (Å²) in [5.74, 6) is -0.261. The maximum atomic E-state index is 12.2. The Bertz CT molecular complexity index is 644. The van der Waals surface area contributed by atoms with E-state index >= 15 is 0 Å². The topological polar surface area (TPSA) is 68.1 Å². The number of ether oxygens (including phenoxy) is 1. The highest BCUT2D eigenvalue weighted by atomic mass is 19.4. The third-order valence-electron chi connectivity index (χ3n) is 2.42. The van der Waals surface area contributed by atoms with Gasteiger partial charge in [0.15, 0.2) is 0 Å². The summed E-state index contributed by atoms with van der Waals surface area (Å²) < 4.78 is 40.4. The zero-order valence-electron chi connectivity index (χ0n) is 10.6. The fraction of sp³-hybridized carbons (Fsp3) is 0.250. The third kappa shape index (κ3) is 3.14. The monoisotopic (exact) mass is 285 g/mol. The van der Waals surface area contributed by atoms with Crippen LogP contribution in [-0.4, -0.2) is 26.7 Å². The van der Waals surface area contributed by atoms with E-state index in [1.54, 1.807) is 13.8 Å². The lowest BCUT2D eigenvalue weighted by atomic mass is 10.1. The van der Waals surface area contributed by atoms with Crippen molar-refractivity contribution >= 4 is 0 Å². The van der Waals surface area contributed by atoms with Gasteiger partial charge in [-0.15, -0.1) is 23.4 Å². The Morgan fingerprint density at radius 3 is 2.45 bits per heavy atom. The van der Waals surface area contributed by atoms with E-state index in [-0.39, 0.29) is 17.0 Å². The zero-order valence-corrected chi connectivity index (χ0v) is 10.6. The van der Waals surface area contributed by atoms with Crippen LogP contribution in [0.25, 0.3) is 11.3 Å². The van der Waals surface area contributed by atoms with Crippen LogP contribution < -0.4 is 4.74 Å². The van der Waals surface area contributed by atoms with Gasteiger partial charge in [0.05, 0.1) is 5.69 Å².